The Hall–Kier alpha value is -1.40. The minimum atomic E-state index is -0.961. The smallest absolute Gasteiger partial charge is 0.319 e. The Morgan fingerprint density at radius 3 is 2.62 bits per heavy atom. The molecule has 1 unspecified atom stereocenters. The lowest BCUT2D eigenvalue weighted by atomic mass is 9.55. The third kappa shape index (κ3) is 5.71. The third-order valence-electron chi connectivity index (χ3n) is 10.6. The first-order chi connectivity index (χ1) is 18.9. The molecule has 3 aliphatic carbocycles. The maximum Gasteiger partial charge on any atom is 0.319 e. The van der Waals surface area contributed by atoms with Gasteiger partial charge in [-0.3, -0.25) is 9.59 Å². The Bertz CT molecular complexity index is 1020. The molecule has 0 spiro atoms. The first-order valence-corrected chi connectivity index (χ1v) is 16.7. The summed E-state index contributed by atoms with van der Waals surface area (Å²) in [5.41, 5.74) is 1.43. The van der Waals surface area contributed by atoms with Crippen molar-refractivity contribution in [1.82, 2.24) is 0 Å². The standard InChI is InChI=1S/C33H47BrO5/c1-32-18-16-26-25-15-13-24(39-29-11-7-10-20-38-29)21-23(25)12-14-27(26)28(32)22-33(30(32)35,31(36)37-2)17-8-5-3-4-6-9-19-34/h13,15,21,26-29H,3-12,14,16-20,22H2,1-2H3/t26-,27-,28+,29?,32+,33+/m1/s1. The van der Waals surface area contributed by atoms with Gasteiger partial charge in [-0.1, -0.05) is 61.0 Å². The molecule has 5 rings (SSSR count). The minimum absolute atomic E-state index is 0.131. The molecule has 0 radical (unpaired) electrons. The summed E-state index contributed by atoms with van der Waals surface area (Å²) in [6.07, 6.45) is 15.1. The van der Waals surface area contributed by atoms with E-state index in [4.69, 9.17) is 14.2 Å². The van der Waals surface area contributed by atoms with Crippen LogP contribution in [0.5, 0.6) is 5.75 Å². The van der Waals surface area contributed by atoms with E-state index in [0.717, 1.165) is 75.5 Å². The predicted molar refractivity (Wildman–Crippen MR) is 156 cm³/mol. The van der Waals surface area contributed by atoms with Crippen molar-refractivity contribution < 1.29 is 23.8 Å². The highest BCUT2D eigenvalue weighted by Crippen LogP contribution is 2.64. The molecule has 1 saturated heterocycles. The first kappa shape index (κ1) is 29.1. The van der Waals surface area contributed by atoms with E-state index in [-0.39, 0.29) is 24.0 Å². The Balaban J connectivity index is 1.30. The summed E-state index contributed by atoms with van der Waals surface area (Å²) in [5, 5.41) is 1.06. The maximum atomic E-state index is 14.2. The Morgan fingerprint density at radius 1 is 1.08 bits per heavy atom. The SMILES string of the molecule is COC(=O)[C@@]1(CCCCCCCCBr)C[C@H]2[C@@H]3CCc4cc(OC5CCCCO5)ccc4[C@H]3CC[C@]2(C)C1=O. The van der Waals surface area contributed by atoms with Gasteiger partial charge in [0.1, 0.15) is 11.2 Å². The number of carbonyl (C=O) groups is 2. The van der Waals surface area contributed by atoms with Gasteiger partial charge >= 0.3 is 5.97 Å². The van der Waals surface area contributed by atoms with Gasteiger partial charge in [-0.15, -0.1) is 0 Å². The van der Waals surface area contributed by atoms with Crippen LogP contribution in [0.1, 0.15) is 114 Å². The molecule has 6 heteroatoms. The normalized spacial score (nSPS) is 33.7. The lowest BCUT2D eigenvalue weighted by molar-refractivity contribution is -0.159. The zero-order valence-electron chi connectivity index (χ0n) is 24.0. The topological polar surface area (TPSA) is 61.8 Å². The van der Waals surface area contributed by atoms with Gasteiger partial charge in [0.15, 0.2) is 12.1 Å². The average molecular weight is 604 g/mol. The molecule has 6 atom stereocenters. The highest BCUT2D eigenvalue weighted by Gasteiger charge is 2.66. The van der Waals surface area contributed by atoms with Gasteiger partial charge in [0, 0.05) is 17.2 Å². The number of alkyl halides is 1. The number of halogens is 1. The molecule has 216 valence electrons. The second-order valence-electron chi connectivity index (χ2n) is 12.8. The summed E-state index contributed by atoms with van der Waals surface area (Å²) >= 11 is 3.50. The summed E-state index contributed by atoms with van der Waals surface area (Å²) in [5.74, 6) is 1.91. The quantitative estimate of drug-likeness (QED) is 0.111. The van der Waals surface area contributed by atoms with Crippen LogP contribution in [-0.4, -0.2) is 37.1 Å². The Kier molecular flexibility index (Phi) is 9.43. The number of benzene rings is 1. The van der Waals surface area contributed by atoms with Gasteiger partial charge < -0.3 is 14.2 Å². The van der Waals surface area contributed by atoms with Gasteiger partial charge in [-0.2, -0.15) is 0 Å². The van der Waals surface area contributed by atoms with Crippen LogP contribution in [0.2, 0.25) is 0 Å². The number of hydrogen-bond donors (Lipinski definition) is 0. The number of fused-ring (bicyclic) bond motifs is 5. The summed E-state index contributed by atoms with van der Waals surface area (Å²) in [4.78, 5) is 27.5. The molecule has 0 aromatic heterocycles. The second-order valence-corrected chi connectivity index (χ2v) is 13.6. The van der Waals surface area contributed by atoms with E-state index < -0.39 is 10.8 Å². The number of ketones is 1. The largest absolute Gasteiger partial charge is 0.468 e. The summed E-state index contributed by atoms with van der Waals surface area (Å²) in [6, 6.07) is 6.62. The highest BCUT2D eigenvalue weighted by molar-refractivity contribution is 9.09. The van der Waals surface area contributed by atoms with Crippen molar-refractivity contribution >= 4 is 27.7 Å². The van der Waals surface area contributed by atoms with Crippen molar-refractivity contribution in [2.45, 2.75) is 115 Å². The Morgan fingerprint density at radius 2 is 1.87 bits per heavy atom. The average Bonchev–Trinajstić information content (AvgIpc) is 3.19. The van der Waals surface area contributed by atoms with E-state index in [1.165, 1.54) is 43.9 Å². The monoisotopic (exact) mass is 602 g/mol. The molecule has 0 amide bonds. The second kappa shape index (κ2) is 12.6. The number of aryl methyl sites for hydroxylation is 1. The zero-order chi connectivity index (χ0) is 27.5. The fourth-order valence-corrected chi connectivity index (χ4v) is 8.90. The van der Waals surface area contributed by atoms with Crippen molar-refractivity contribution in [3.05, 3.63) is 29.3 Å². The number of ether oxygens (including phenoxy) is 3. The molecule has 1 aliphatic heterocycles. The van der Waals surface area contributed by atoms with Crippen molar-refractivity contribution in [3.63, 3.8) is 0 Å². The molecular formula is C33H47BrO5. The lowest BCUT2D eigenvalue weighted by Gasteiger charge is -2.48. The van der Waals surface area contributed by atoms with Crippen LogP contribution in [0.15, 0.2) is 18.2 Å². The van der Waals surface area contributed by atoms with Crippen LogP contribution in [0, 0.1) is 22.7 Å². The van der Waals surface area contributed by atoms with Crippen LogP contribution < -0.4 is 4.74 Å². The van der Waals surface area contributed by atoms with Crippen LogP contribution >= 0.6 is 15.9 Å². The Labute approximate surface area is 243 Å². The molecule has 3 fully saturated rings. The van der Waals surface area contributed by atoms with Gasteiger partial charge in [0.25, 0.3) is 0 Å². The molecule has 2 saturated carbocycles. The zero-order valence-corrected chi connectivity index (χ0v) is 25.6. The third-order valence-corrected chi connectivity index (χ3v) is 11.1. The van der Waals surface area contributed by atoms with E-state index in [1.807, 2.05) is 0 Å². The molecule has 1 aromatic carbocycles. The molecule has 39 heavy (non-hydrogen) atoms. The highest BCUT2D eigenvalue weighted by atomic mass is 79.9. The van der Waals surface area contributed by atoms with E-state index in [2.05, 4.69) is 41.1 Å². The van der Waals surface area contributed by atoms with Crippen LogP contribution in [0.25, 0.3) is 0 Å². The van der Waals surface area contributed by atoms with Crippen molar-refractivity contribution in [1.29, 1.82) is 0 Å². The minimum Gasteiger partial charge on any atom is -0.468 e. The summed E-state index contributed by atoms with van der Waals surface area (Å²) in [7, 11) is 1.46. The fourth-order valence-electron chi connectivity index (χ4n) is 8.50. The fraction of sp³-hybridized carbons (Fsp3) is 0.758. The van der Waals surface area contributed by atoms with Crippen molar-refractivity contribution in [3.8, 4) is 5.75 Å². The van der Waals surface area contributed by atoms with Gasteiger partial charge in [0.2, 0.25) is 0 Å². The van der Waals surface area contributed by atoms with Crippen molar-refractivity contribution in [2.24, 2.45) is 22.7 Å². The first-order valence-electron chi connectivity index (χ1n) is 15.5. The summed E-state index contributed by atoms with van der Waals surface area (Å²) in [6.45, 7) is 2.94. The molecular weight excluding hydrogens is 556 g/mol. The van der Waals surface area contributed by atoms with Crippen LogP contribution in [-0.2, 0) is 25.5 Å². The number of hydrogen-bond acceptors (Lipinski definition) is 5. The molecule has 0 N–H and O–H groups in total. The van der Waals surface area contributed by atoms with E-state index in [1.54, 1.807) is 0 Å². The number of Topliss-reactive ketones (excluding diaryl/α,β-unsaturated/α-hetero) is 1. The number of carbonyl (C=O) groups excluding carboxylic acids is 2. The molecule has 4 aliphatic rings. The number of unbranched alkanes of at least 4 members (excludes halogenated alkanes) is 5. The lowest BCUT2D eigenvalue weighted by Crippen LogP contribution is -2.44. The number of methoxy groups -OCH3 is 1. The van der Waals surface area contributed by atoms with Gasteiger partial charge in [0.05, 0.1) is 13.7 Å². The molecule has 5 nitrogen and oxygen atoms in total. The molecule has 1 aromatic rings. The van der Waals surface area contributed by atoms with Gasteiger partial charge in [-0.25, -0.2) is 0 Å². The van der Waals surface area contributed by atoms with E-state index >= 15 is 0 Å². The van der Waals surface area contributed by atoms with Crippen LogP contribution in [0.4, 0.5) is 0 Å². The number of rotatable bonds is 11. The van der Waals surface area contributed by atoms with E-state index in [9.17, 15) is 9.59 Å². The van der Waals surface area contributed by atoms with Crippen molar-refractivity contribution in [2.75, 3.05) is 19.0 Å². The maximum absolute atomic E-state index is 14.2. The molecule has 0 bridgehead atoms. The van der Waals surface area contributed by atoms with Gasteiger partial charge in [-0.05, 0) is 98.8 Å². The number of esters is 1. The predicted octanol–water partition coefficient (Wildman–Crippen LogP) is 7.91. The summed E-state index contributed by atoms with van der Waals surface area (Å²) < 4.78 is 17.3. The molecule has 1 heterocycles. The van der Waals surface area contributed by atoms with Crippen LogP contribution in [0.3, 0.4) is 0 Å². The van der Waals surface area contributed by atoms with E-state index in [0.29, 0.717) is 24.7 Å².